The van der Waals surface area contributed by atoms with Crippen LogP contribution in [0.2, 0.25) is 0 Å². The van der Waals surface area contributed by atoms with Gasteiger partial charge < -0.3 is 0 Å². The second-order valence-corrected chi connectivity index (χ2v) is 4.28. The lowest BCUT2D eigenvalue weighted by Crippen LogP contribution is -1.97. The molecule has 5 nitrogen and oxygen atoms in total. The Balaban J connectivity index is 1.93. The van der Waals surface area contributed by atoms with Gasteiger partial charge in [0.2, 0.25) is 0 Å². The molecule has 100 valence electrons. The zero-order valence-electron chi connectivity index (χ0n) is 11.1. The van der Waals surface area contributed by atoms with E-state index in [1.54, 1.807) is 24.5 Å². The number of allylic oxidation sites excluding steroid dienone is 1. The molecular weight excluding hydrogens is 262 g/mol. The number of para-hydroxylation sites is 1. The fourth-order valence-electron chi connectivity index (χ4n) is 1.86. The van der Waals surface area contributed by atoms with Crippen molar-refractivity contribution in [3.05, 3.63) is 72.3 Å². The van der Waals surface area contributed by atoms with Gasteiger partial charge in [0.15, 0.2) is 0 Å². The van der Waals surface area contributed by atoms with Crippen molar-refractivity contribution in [2.75, 3.05) is 0 Å². The molecule has 0 spiro atoms. The van der Waals surface area contributed by atoms with Crippen molar-refractivity contribution in [3.63, 3.8) is 0 Å². The number of benzene rings is 1. The highest BCUT2D eigenvalue weighted by Gasteiger charge is 2.05. The maximum absolute atomic E-state index is 9.25. The Labute approximate surface area is 121 Å². The minimum absolute atomic E-state index is 0.454. The van der Waals surface area contributed by atoms with Gasteiger partial charge in [-0.2, -0.15) is 15.2 Å². The first-order valence-electron chi connectivity index (χ1n) is 6.38. The highest BCUT2D eigenvalue weighted by atomic mass is 15.5. The molecule has 0 fully saturated rings. The molecule has 2 aromatic heterocycles. The Morgan fingerprint density at radius 3 is 2.62 bits per heavy atom. The van der Waals surface area contributed by atoms with Crippen molar-refractivity contribution in [2.45, 2.75) is 0 Å². The van der Waals surface area contributed by atoms with Crippen molar-refractivity contribution in [1.82, 2.24) is 20.0 Å². The number of nitriles is 1. The molecule has 0 aliphatic carbocycles. The lowest BCUT2D eigenvalue weighted by Gasteiger charge is -1.97. The Bertz CT molecular complexity index is 797. The summed E-state index contributed by atoms with van der Waals surface area (Å²) in [5, 5.41) is 17.8. The van der Waals surface area contributed by atoms with E-state index >= 15 is 0 Å². The minimum atomic E-state index is 0.454. The second kappa shape index (κ2) is 5.80. The topological polar surface area (TPSA) is 67.4 Å². The molecule has 0 N–H and O–H groups in total. The fraction of sp³-hybridized carbons (Fsp3) is 0. The molecule has 1 aromatic carbocycles. The summed E-state index contributed by atoms with van der Waals surface area (Å²) in [4.78, 5) is 5.69. The predicted molar refractivity (Wildman–Crippen MR) is 79.1 cm³/mol. The third-order valence-electron chi connectivity index (χ3n) is 2.85. The maximum Gasteiger partial charge on any atom is 0.107 e. The van der Waals surface area contributed by atoms with Gasteiger partial charge in [-0.25, -0.2) is 0 Å². The number of aromatic nitrogens is 4. The summed E-state index contributed by atoms with van der Waals surface area (Å²) in [6.45, 7) is 0. The van der Waals surface area contributed by atoms with Gasteiger partial charge in [0, 0.05) is 6.20 Å². The number of rotatable bonds is 3. The van der Waals surface area contributed by atoms with Crippen LogP contribution in [0.15, 0.2) is 60.9 Å². The fourth-order valence-corrected chi connectivity index (χ4v) is 1.86. The Hall–Kier alpha value is -3.26. The van der Waals surface area contributed by atoms with E-state index in [1.165, 1.54) is 4.80 Å². The van der Waals surface area contributed by atoms with Gasteiger partial charge in [-0.3, -0.25) is 4.98 Å². The molecule has 0 saturated heterocycles. The zero-order chi connectivity index (χ0) is 14.5. The summed E-state index contributed by atoms with van der Waals surface area (Å²) in [6, 6.07) is 17.2. The van der Waals surface area contributed by atoms with E-state index in [2.05, 4.69) is 21.3 Å². The van der Waals surface area contributed by atoms with Crippen molar-refractivity contribution < 1.29 is 0 Å². The maximum atomic E-state index is 9.25. The molecule has 2 heterocycles. The molecule has 0 saturated carbocycles. The minimum Gasteiger partial charge on any atom is -0.256 e. The highest BCUT2D eigenvalue weighted by Crippen LogP contribution is 2.14. The van der Waals surface area contributed by atoms with E-state index in [-0.39, 0.29) is 0 Å². The summed E-state index contributed by atoms with van der Waals surface area (Å²) in [5.74, 6) is 0. The van der Waals surface area contributed by atoms with Gasteiger partial charge in [0.1, 0.15) is 11.8 Å². The van der Waals surface area contributed by atoms with E-state index in [0.29, 0.717) is 17.0 Å². The van der Waals surface area contributed by atoms with Crippen LogP contribution in [0, 0.1) is 11.3 Å². The molecule has 0 unspecified atom stereocenters. The molecule has 21 heavy (non-hydrogen) atoms. The second-order valence-electron chi connectivity index (χ2n) is 4.28. The molecule has 0 aliphatic heterocycles. The lowest BCUT2D eigenvalue weighted by atomic mass is 10.1. The molecule has 0 bridgehead atoms. The van der Waals surface area contributed by atoms with E-state index in [1.807, 2.05) is 42.5 Å². The quantitative estimate of drug-likeness (QED) is 0.688. The average Bonchev–Trinajstić information content (AvgIpc) is 3.03. The average molecular weight is 273 g/mol. The van der Waals surface area contributed by atoms with Crippen LogP contribution in [-0.4, -0.2) is 20.0 Å². The SMILES string of the molecule is N#C/C(=C/c1cnn(-c2ccccc2)n1)c1ccccn1. The molecule has 0 atom stereocenters. The number of hydrogen-bond donors (Lipinski definition) is 0. The van der Waals surface area contributed by atoms with Crippen LogP contribution in [0.4, 0.5) is 0 Å². The summed E-state index contributed by atoms with van der Waals surface area (Å²) < 4.78 is 0. The van der Waals surface area contributed by atoms with E-state index in [0.717, 1.165) is 5.69 Å². The third kappa shape index (κ3) is 2.85. The van der Waals surface area contributed by atoms with Crippen molar-refractivity contribution in [1.29, 1.82) is 5.26 Å². The van der Waals surface area contributed by atoms with Crippen LogP contribution in [-0.2, 0) is 0 Å². The van der Waals surface area contributed by atoms with E-state index in [9.17, 15) is 5.26 Å². The lowest BCUT2D eigenvalue weighted by molar-refractivity contribution is 0.750. The molecule has 0 amide bonds. The van der Waals surface area contributed by atoms with E-state index < -0.39 is 0 Å². The number of nitrogens with zero attached hydrogens (tertiary/aromatic N) is 5. The number of pyridine rings is 1. The van der Waals surface area contributed by atoms with Gasteiger partial charge in [0.25, 0.3) is 0 Å². The molecule has 3 rings (SSSR count). The van der Waals surface area contributed by atoms with Crippen molar-refractivity contribution in [3.8, 4) is 11.8 Å². The van der Waals surface area contributed by atoms with Crippen LogP contribution >= 0.6 is 0 Å². The number of hydrogen-bond acceptors (Lipinski definition) is 4. The Kier molecular flexibility index (Phi) is 3.52. The zero-order valence-corrected chi connectivity index (χ0v) is 11.1. The summed E-state index contributed by atoms with van der Waals surface area (Å²) in [7, 11) is 0. The Morgan fingerprint density at radius 1 is 1.10 bits per heavy atom. The first kappa shape index (κ1) is 12.8. The summed E-state index contributed by atoms with van der Waals surface area (Å²) >= 11 is 0. The van der Waals surface area contributed by atoms with Crippen LogP contribution in [0.3, 0.4) is 0 Å². The van der Waals surface area contributed by atoms with Crippen LogP contribution in [0.1, 0.15) is 11.4 Å². The Morgan fingerprint density at radius 2 is 1.90 bits per heavy atom. The van der Waals surface area contributed by atoms with Crippen LogP contribution in [0.5, 0.6) is 0 Å². The highest BCUT2D eigenvalue weighted by molar-refractivity contribution is 5.87. The molecule has 3 aromatic rings. The van der Waals surface area contributed by atoms with Gasteiger partial charge >= 0.3 is 0 Å². The standard InChI is InChI=1S/C16H11N5/c17-11-13(16-8-4-5-9-18-16)10-14-12-19-21(20-14)15-6-2-1-3-7-15/h1-10,12H/b13-10-. The molecule has 0 radical (unpaired) electrons. The third-order valence-corrected chi connectivity index (χ3v) is 2.85. The van der Waals surface area contributed by atoms with Crippen LogP contribution in [0.25, 0.3) is 17.3 Å². The molecular formula is C16H11N5. The van der Waals surface area contributed by atoms with Crippen molar-refractivity contribution >= 4 is 11.6 Å². The molecule has 0 aliphatic rings. The van der Waals surface area contributed by atoms with Gasteiger partial charge in [-0.05, 0) is 30.3 Å². The first-order chi connectivity index (χ1) is 10.4. The van der Waals surface area contributed by atoms with Gasteiger partial charge in [-0.1, -0.05) is 24.3 Å². The molecule has 5 heteroatoms. The summed E-state index contributed by atoms with van der Waals surface area (Å²) in [5.41, 5.74) is 2.56. The van der Waals surface area contributed by atoms with Crippen LogP contribution < -0.4 is 0 Å². The van der Waals surface area contributed by atoms with Gasteiger partial charge in [0.05, 0.1) is 23.2 Å². The summed E-state index contributed by atoms with van der Waals surface area (Å²) in [6.07, 6.45) is 4.95. The van der Waals surface area contributed by atoms with Gasteiger partial charge in [-0.15, -0.1) is 5.10 Å². The smallest absolute Gasteiger partial charge is 0.107 e. The first-order valence-corrected chi connectivity index (χ1v) is 6.38. The van der Waals surface area contributed by atoms with Crippen molar-refractivity contribution in [2.24, 2.45) is 0 Å². The monoisotopic (exact) mass is 273 g/mol. The largest absolute Gasteiger partial charge is 0.256 e. The van der Waals surface area contributed by atoms with E-state index in [4.69, 9.17) is 0 Å². The normalized spacial score (nSPS) is 11.1. The predicted octanol–water partition coefficient (Wildman–Crippen LogP) is 2.73.